The van der Waals surface area contributed by atoms with Gasteiger partial charge in [-0.2, -0.15) is 0 Å². The molecule has 3 nitrogen and oxygen atoms in total. The van der Waals surface area contributed by atoms with Crippen molar-refractivity contribution in [2.75, 3.05) is 7.11 Å². The molecule has 0 aromatic carbocycles. The molecule has 1 aliphatic carbocycles. The van der Waals surface area contributed by atoms with Crippen molar-refractivity contribution in [2.45, 2.75) is 6.42 Å². The summed E-state index contributed by atoms with van der Waals surface area (Å²) in [6.45, 7) is 0. The number of nitrogens with two attached hydrogens (primary N) is 2. The summed E-state index contributed by atoms with van der Waals surface area (Å²) in [5.41, 5.74) is 13.5. The van der Waals surface area contributed by atoms with E-state index in [9.17, 15) is 0 Å². The van der Waals surface area contributed by atoms with E-state index in [-0.39, 0.29) is 0 Å². The maximum atomic E-state index is 5.65. The number of ether oxygens (including phenoxy) is 1. The van der Waals surface area contributed by atoms with Gasteiger partial charge in [0, 0.05) is 17.0 Å². The Labute approximate surface area is 66.0 Å². The van der Waals surface area contributed by atoms with Crippen molar-refractivity contribution in [1.29, 1.82) is 0 Å². The third-order valence-corrected chi connectivity index (χ3v) is 1.51. The predicted octanol–water partition coefficient (Wildman–Crippen LogP) is 0.606. The molecular weight excluding hydrogens is 140 g/mol. The summed E-state index contributed by atoms with van der Waals surface area (Å²) in [6, 6.07) is 0. The van der Waals surface area contributed by atoms with Crippen molar-refractivity contribution in [2.24, 2.45) is 11.5 Å². The van der Waals surface area contributed by atoms with Crippen molar-refractivity contribution in [3.8, 4) is 0 Å². The number of hydrogen-bond donors (Lipinski definition) is 2. The molecule has 0 heterocycles. The fourth-order valence-corrected chi connectivity index (χ4v) is 0.935. The quantitative estimate of drug-likeness (QED) is 0.541. The highest BCUT2D eigenvalue weighted by molar-refractivity contribution is 5.39. The Balaban J connectivity index is 2.80. The Hall–Kier alpha value is -1.38. The lowest BCUT2D eigenvalue weighted by atomic mass is 10.0. The average molecular weight is 152 g/mol. The van der Waals surface area contributed by atoms with E-state index in [1.807, 2.05) is 6.08 Å². The van der Waals surface area contributed by atoms with Gasteiger partial charge in [0.15, 0.2) is 0 Å². The van der Waals surface area contributed by atoms with Gasteiger partial charge in [0.2, 0.25) is 0 Å². The molecule has 1 aliphatic rings. The summed E-state index contributed by atoms with van der Waals surface area (Å²) in [5.74, 6) is 0. The molecule has 4 N–H and O–H groups in total. The van der Waals surface area contributed by atoms with Gasteiger partial charge in [0.25, 0.3) is 0 Å². The van der Waals surface area contributed by atoms with E-state index in [4.69, 9.17) is 16.2 Å². The minimum atomic E-state index is 0.687. The van der Waals surface area contributed by atoms with Crippen LogP contribution in [-0.2, 0) is 4.74 Å². The van der Waals surface area contributed by atoms with Crippen LogP contribution < -0.4 is 11.5 Å². The lowest BCUT2D eigenvalue weighted by Crippen LogP contribution is -2.09. The van der Waals surface area contributed by atoms with Gasteiger partial charge in [-0.15, -0.1) is 0 Å². The normalized spacial score (nSPS) is 21.0. The van der Waals surface area contributed by atoms with Gasteiger partial charge < -0.3 is 16.2 Å². The molecular formula is C8H12N2O. The third kappa shape index (κ3) is 1.77. The highest BCUT2D eigenvalue weighted by atomic mass is 16.5. The van der Waals surface area contributed by atoms with E-state index in [1.54, 1.807) is 19.4 Å². The molecule has 1 rings (SSSR count). The Morgan fingerprint density at radius 2 is 2.27 bits per heavy atom. The lowest BCUT2D eigenvalue weighted by Gasteiger charge is -2.10. The molecule has 0 aromatic heterocycles. The Morgan fingerprint density at radius 1 is 1.55 bits per heavy atom. The van der Waals surface area contributed by atoms with Gasteiger partial charge in [-0.1, -0.05) is 6.08 Å². The second kappa shape index (κ2) is 3.14. The van der Waals surface area contributed by atoms with E-state index in [0.717, 1.165) is 17.7 Å². The maximum Gasteiger partial charge on any atom is 0.0880 e. The van der Waals surface area contributed by atoms with Gasteiger partial charge in [0.1, 0.15) is 0 Å². The Bertz CT molecular complexity index is 238. The van der Waals surface area contributed by atoms with Crippen molar-refractivity contribution >= 4 is 0 Å². The van der Waals surface area contributed by atoms with Crippen LogP contribution in [0.4, 0.5) is 0 Å². The summed E-state index contributed by atoms with van der Waals surface area (Å²) < 4.78 is 4.83. The SMILES string of the molecule is COC=C1CC=C(N)C=C1N. The average Bonchev–Trinajstić information content (AvgIpc) is 1.95. The largest absolute Gasteiger partial charge is 0.504 e. The van der Waals surface area contributed by atoms with Crippen molar-refractivity contribution in [3.05, 3.63) is 35.4 Å². The van der Waals surface area contributed by atoms with Crippen LogP contribution in [0, 0.1) is 0 Å². The van der Waals surface area contributed by atoms with Gasteiger partial charge in [0.05, 0.1) is 13.4 Å². The van der Waals surface area contributed by atoms with Crippen LogP contribution in [0.15, 0.2) is 35.4 Å². The first kappa shape index (κ1) is 7.72. The number of rotatable bonds is 1. The zero-order valence-electron chi connectivity index (χ0n) is 6.50. The molecule has 0 fully saturated rings. The molecule has 0 amide bonds. The van der Waals surface area contributed by atoms with E-state index < -0.39 is 0 Å². The summed E-state index contributed by atoms with van der Waals surface area (Å²) in [6.07, 6.45) is 6.02. The third-order valence-electron chi connectivity index (χ3n) is 1.51. The fourth-order valence-electron chi connectivity index (χ4n) is 0.935. The minimum Gasteiger partial charge on any atom is -0.504 e. The molecule has 0 aromatic rings. The molecule has 0 aliphatic heterocycles. The zero-order valence-corrected chi connectivity index (χ0v) is 6.50. The van der Waals surface area contributed by atoms with Crippen molar-refractivity contribution < 1.29 is 4.74 Å². The molecule has 11 heavy (non-hydrogen) atoms. The van der Waals surface area contributed by atoms with Crippen LogP contribution in [0.2, 0.25) is 0 Å². The smallest absolute Gasteiger partial charge is 0.0880 e. The summed E-state index contributed by atoms with van der Waals surface area (Å²) in [5, 5.41) is 0. The van der Waals surface area contributed by atoms with Crippen LogP contribution in [0.25, 0.3) is 0 Å². The molecule has 0 saturated heterocycles. The zero-order chi connectivity index (χ0) is 8.27. The van der Waals surface area contributed by atoms with Crippen LogP contribution in [0.5, 0.6) is 0 Å². The molecule has 0 spiro atoms. The maximum absolute atomic E-state index is 5.65. The fraction of sp³-hybridized carbons (Fsp3) is 0.250. The first-order chi connectivity index (χ1) is 5.24. The minimum absolute atomic E-state index is 0.687. The van der Waals surface area contributed by atoms with Crippen LogP contribution in [0.3, 0.4) is 0 Å². The van der Waals surface area contributed by atoms with E-state index in [1.165, 1.54) is 0 Å². The first-order valence-corrected chi connectivity index (χ1v) is 3.39. The highest BCUT2D eigenvalue weighted by Gasteiger charge is 2.05. The Morgan fingerprint density at radius 3 is 2.82 bits per heavy atom. The van der Waals surface area contributed by atoms with Gasteiger partial charge in [-0.25, -0.2) is 0 Å². The summed E-state index contributed by atoms with van der Waals surface area (Å²) >= 11 is 0. The van der Waals surface area contributed by atoms with Crippen molar-refractivity contribution in [1.82, 2.24) is 0 Å². The monoisotopic (exact) mass is 152 g/mol. The summed E-state index contributed by atoms with van der Waals surface area (Å²) in [7, 11) is 1.60. The molecule has 0 radical (unpaired) electrons. The van der Waals surface area contributed by atoms with E-state index in [2.05, 4.69) is 0 Å². The first-order valence-electron chi connectivity index (χ1n) is 3.39. The number of allylic oxidation sites excluding steroid dienone is 3. The van der Waals surface area contributed by atoms with E-state index in [0.29, 0.717) is 5.70 Å². The van der Waals surface area contributed by atoms with Gasteiger partial charge in [-0.05, 0) is 12.5 Å². The molecule has 60 valence electrons. The number of hydrogen-bond acceptors (Lipinski definition) is 3. The van der Waals surface area contributed by atoms with Crippen LogP contribution in [0.1, 0.15) is 6.42 Å². The molecule has 0 unspecified atom stereocenters. The second-order valence-electron chi connectivity index (χ2n) is 2.39. The molecule has 0 saturated carbocycles. The molecule has 0 bridgehead atoms. The predicted molar refractivity (Wildman–Crippen MR) is 44.2 cm³/mol. The molecule has 3 heteroatoms. The number of methoxy groups -OCH3 is 1. The van der Waals surface area contributed by atoms with Crippen LogP contribution >= 0.6 is 0 Å². The summed E-state index contributed by atoms with van der Waals surface area (Å²) in [4.78, 5) is 0. The van der Waals surface area contributed by atoms with Gasteiger partial charge in [-0.3, -0.25) is 0 Å². The molecule has 0 atom stereocenters. The standard InChI is InChI=1S/C8H12N2O/c1-11-5-6-2-3-7(9)4-8(6)10/h3-5H,2,9-10H2,1H3. The van der Waals surface area contributed by atoms with Crippen molar-refractivity contribution in [3.63, 3.8) is 0 Å². The second-order valence-corrected chi connectivity index (χ2v) is 2.39. The van der Waals surface area contributed by atoms with Gasteiger partial charge >= 0.3 is 0 Å². The lowest BCUT2D eigenvalue weighted by molar-refractivity contribution is 0.334. The highest BCUT2D eigenvalue weighted by Crippen LogP contribution is 2.16. The Kier molecular flexibility index (Phi) is 2.21. The van der Waals surface area contributed by atoms with E-state index >= 15 is 0 Å². The van der Waals surface area contributed by atoms with Crippen LogP contribution in [-0.4, -0.2) is 7.11 Å². The topological polar surface area (TPSA) is 61.3 Å².